The molecule has 0 aliphatic rings. The molecule has 29 heavy (non-hydrogen) atoms. The van der Waals surface area contributed by atoms with Crippen molar-refractivity contribution in [3.05, 3.63) is 65.7 Å². The van der Waals surface area contributed by atoms with E-state index in [1.54, 1.807) is 49.4 Å². The summed E-state index contributed by atoms with van der Waals surface area (Å²) in [5.74, 6) is -0.0589. The van der Waals surface area contributed by atoms with Crippen LogP contribution in [-0.2, 0) is 19.9 Å². The fourth-order valence-corrected chi connectivity index (χ4v) is 4.85. The van der Waals surface area contributed by atoms with Gasteiger partial charge in [0.2, 0.25) is 0 Å². The molecule has 3 rings (SSSR count). The molecular formula is C20H21N3O4S2. The fraction of sp³-hybridized carbons (Fsp3) is 0.200. The standard InChI is InChI=1S/C20H21N3O4S2/c1-4-28(24,25)20-11-10-18(21-22-20)16-6-5-7-17(13-16)23-29(26,27)19-12-14(2)8-9-15(19)3/h5-13,23H,4H2,1-3H3. The normalized spacial score (nSPS) is 12.0. The van der Waals surface area contributed by atoms with Gasteiger partial charge in [0.05, 0.1) is 16.3 Å². The van der Waals surface area contributed by atoms with Crippen molar-refractivity contribution in [1.29, 1.82) is 0 Å². The van der Waals surface area contributed by atoms with Crippen molar-refractivity contribution < 1.29 is 16.8 Å². The molecule has 0 saturated heterocycles. The average molecular weight is 432 g/mol. The average Bonchev–Trinajstić information content (AvgIpc) is 2.69. The number of nitrogens with zero attached hydrogens (tertiary/aromatic N) is 2. The maximum absolute atomic E-state index is 12.8. The molecule has 9 heteroatoms. The first-order valence-corrected chi connectivity index (χ1v) is 12.0. The maximum atomic E-state index is 12.8. The van der Waals surface area contributed by atoms with Crippen LogP contribution >= 0.6 is 0 Å². The number of rotatable bonds is 6. The molecule has 2 aromatic carbocycles. The van der Waals surface area contributed by atoms with Crippen molar-refractivity contribution in [3.63, 3.8) is 0 Å². The van der Waals surface area contributed by atoms with E-state index in [9.17, 15) is 16.8 Å². The molecule has 1 heterocycles. The van der Waals surface area contributed by atoms with Crippen molar-refractivity contribution in [2.75, 3.05) is 10.5 Å². The Balaban J connectivity index is 1.91. The number of anilines is 1. The van der Waals surface area contributed by atoms with Gasteiger partial charge in [0.15, 0.2) is 14.9 Å². The lowest BCUT2D eigenvalue weighted by molar-refractivity contribution is 0.591. The molecule has 0 unspecified atom stereocenters. The Kier molecular flexibility index (Phi) is 5.72. The molecule has 0 atom stereocenters. The Labute approximate surface area is 170 Å². The SMILES string of the molecule is CCS(=O)(=O)c1ccc(-c2cccc(NS(=O)(=O)c3cc(C)ccc3C)c2)nn1. The summed E-state index contributed by atoms with van der Waals surface area (Å²) in [6.45, 7) is 5.11. The van der Waals surface area contributed by atoms with Crippen molar-refractivity contribution in [2.45, 2.75) is 30.7 Å². The highest BCUT2D eigenvalue weighted by Crippen LogP contribution is 2.25. The smallest absolute Gasteiger partial charge is 0.262 e. The van der Waals surface area contributed by atoms with E-state index in [0.29, 0.717) is 22.5 Å². The Hall–Kier alpha value is -2.78. The lowest BCUT2D eigenvalue weighted by Crippen LogP contribution is -2.14. The monoisotopic (exact) mass is 431 g/mol. The van der Waals surface area contributed by atoms with E-state index in [2.05, 4.69) is 14.9 Å². The number of hydrogen-bond acceptors (Lipinski definition) is 6. The third-order valence-corrected chi connectivity index (χ3v) is 7.52. The largest absolute Gasteiger partial charge is 0.280 e. The fourth-order valence-electron chi connectivity index (χ4n) is 2.74. The van der Waals surface area contributed by atoms with Crippen molar-refractivity contribution >= 4 is 25.5 Å². The predicted octanol–water partition coefficient (Wildman–Crippen LogP) is 3.35. The second kappa shape index (κ2) is 7.92. The Bertz CT molecular complexity index is 1250. The zero-order chi connectivity index (χ0) is 21.2. The molecule has 0 radical (unpaired) electrons. The van der Waals surface area contributed by atoms with Crippen LogP contribution in [0.3, 0.4) is 0 Å². The van der Waals surface area contributed by atoms with E-state index in [4.69, 9.17) is 0 Å². The summed E-state index contributed by atoms with van der Waals surface area (Å²) in [6, 6.07) is 14.9. The van der Waals surface area contributed by atoms with Gasteiger partial charge in [-0.2, -0.15) is 0 Å². The highest BCUT2D eigenvalue weighted by atomic mass is 32.2. The minimum absolute atomic E-state index is 0.0589. The summed E-state index contributed by atoms with van der Waals surface area (Å²) in [4.78, 5) is 0.219. The van der Waals surface area contributed by atoms with Crippen molar-refractivity contribution in [2.24, 2.45) is 0 Å². The molecule has 3 aromatic rings. The van der Waals surface area contributed by atoms with Gasteiger partial charge in [0.25, 0.3) is 10.0 Å². The number of sulfonamides is 1. The van der Waals surface area contributed by atoms with E-state index in [0.717, 1.165) is 5.56 Å². The highest BCUT2D eigenvalue weighted by Gasteiger charge is 2.18. The number of aryl methyl sites for hydroxylation is 2. The number of sulfone groups is 1. The summed E-state index contributed by atoms with van der Waals surface area (Å²) in [7, 11) is -7.19. The van der Waals surface area contributed by atoms with E-state index in [1.165, 1.54) is 13.0 Å². The first-order valence-electron chi connectivity index (χ1n) is 8.89. The Morgan fingerprint density at radius 2 is 1.66 bits per heavy atom. The van der Waals surface area contributed by atoms with E-state index < -0.39 is 19.9 Å². The third kappa shape index (κ3) is 4.63. The third-order valence-electron chi connectivity index (χ3n) is 4.38. The summed E-state index contributed by atoms with van der Waals surface area (Å²) in [5, 5.41) is 7.68. The minimum atomic E-state index is -3.76. The van der Waals surface area contributed by atoms with Crippen molar-refractivity contribution in [1.82, 2.24) is 10.2 Å². The molecule has 0 aliphatic heterocycles. The number of nitrogens with one attached hydrogen (secondary N) is 1. The maximum Gasteiger partial charge on any atom is 0.262 e. The Morgan fingerprint density at radius 3 is 2.31 bits per heavy atom. The summed E-state index contributed by atoms with van der Waals surface area (Å²) >= 11 is 0. The summed E-state index contributed by atoms with van der Waals surface area (Å²) in [6.07, 6.45) is 0. The van der Waals surface area contributed by atoms with Gasteiger partial charge < -0.3 is 0 Å². The second-order valence-corrected chi connectivity index (χ2v) is 10.5. The van der Waals surface area contributed by atoms with Gasteiger partial charge in [0, 0.05) is 11.3 Å². The van der Waals surface area contributed by atoms with Gasteiger partial charge in [0.1, 0.15) is 0 Å². The van der Waals surface area contributed by atoms with Gasteiger partial charge in [-0.3, -0.25) is 4.72 Å². The first-order chi connectivity index (χ1) is 13.6. The van der Waals surface area contributed by atoms with E-state index in [1.807, 2.05) is 13.0 Å². The topological polar surface area (TPSA) is 106 Å². The molecule has 0 fully saturated rings. The van der Waals surface area contributed by atoms with Gasteiger partial charge in [-0.15, -0.1) is 10.2 Å². The van der Waals surface area contributed by atoms with Gasteiger partial charge >= 0.3 is 0 Å². The molecule has 1 aromatic heterocycles. The second-order valence-electron chi connectivity index (χ2n) is 6.62. The van der Waals surface area contributed by atoms with Crippen LogP contribution in [0.15, 0.2) is 64.5 Å². The molecule has 7 nitrogen and oxygen atoms in total. The summed E-state index contributed by atoms with van der Waals surface area (Å²) in [5.41, 5.74) is 2.92. The molecule has 0 saturated carbocycles. The van der Waals surface area contributed by atoms with Gasteiger partial charge in [-0.1, -0.05) is 31.2 Å². The van der Waals surface area contributed by atoms with Gasteiger partial charge in [-0.25, -0.2) is 16.8 Å². The molecule has 0 amide bonds. The number of benzene rings is 2. The van der Waals surface area contributed by atoms with Crippen LogP contribution in [0.1, 0.15) is 18.1 Å². The molecular weight excluding hydrogens is 410 g/mol. The van der Waals surface area contributed by atoms with Crippen LogP contribution in [-0.4, -0.2) is 32.8 Å². The highest BCUT2D eigenvalue weighted by molar-refractivity contribution is 7.92. The molecule has 0 aliphatic carbocycles. The zero-order valence-corrected chi connectivity index (χ0v) is 17.9. The lowest BCUT2D eigenvalue weighted by Gasteiger charge is -2.12. The molecule has 0 bridgehead atoms. The van der Waals surface area contributed by atoms with Crippen LogP contribution in [0.5, 0.6) is 0 Å². The predicted molar refractivity (Wildman–Crippen MR) is 112 cm³/mol. The molecule has 0 spiro atoms. The summed E-state index contributed by atoms with van der Waals surface area (Å²) < 4.78 is 51.9. The lowest BCUT2D eigenvalue weighted by atomic mass is 10.1. The van der Waals surface area contributed by atoms with Crippen LogP contribution in [0.25, 0.3) is 11.3 Å². The van der Waals surface area contributed by atoms with E-state index >= 15 is 0 Å². The number of hydrogen-bond donors (Lipinski definition) is 1. The van der Waals surface area contributed by atoms with E-state index in [-0.39, 0.29) is 15.7 Å². The van der Waals surface area contributed by atoms with Crippen LogP contribution in [0.4, 0.5) is 5.69 Å². The number of aromatic nitrogens is 2. The molecule has 1 N–H and O–H groups in total. The van der Waals surface area contributed by atoms with Gasteiger partial charge in [-0.05, 0) is 55.3 Å². The minimum Gasteiger partial charge on any atom is -0.280 e. The zero-order valence-electron chi connectivity index (χ0n) is 16.2. The molecule has 152 valence electrons. The van der Waals surface area contributed by atoms with Crippen LogP contribution in [0, 0.1) is 13.8 Å². The van der Waals surface area contributed by atoms with Crippen molar-refractivity contribution in [3.8, 4) is 11.3 Å². The quantitative estimate of drug-likeness (QED) is 0.641. The van der Waals surface area contributed by atoms with Crippen LogP contribution in [0.2, 0.25) is 0 Å². The Morgan fingerprint density at radius 1 is 0.897 bits per heavy atom. The van der Waals surface area contributed by atoms with Crippen LogP contribution < -0.4 is 4.72 Å². The first kappa shape index (κ1) is 20.9.